The molecule has 1 heterocycles. The third kappa shape index (κ3) is 4.39. The molecule has 0 atom stereocenters. The van der Waals surface area contributed by atoms with E-state index in [1.807, 2.05) is 13.8 Å². The van der Waals surface area contributed by atoms with Crippen molar-refractivity contribution >= 4 is 11.7 Å². The van der Waals surface area contributed by atoms with Crippen molar-refractivity contribution < 1.29 is 9.59 Å². The van der Waals surface area contributed by atoms with Crippen LogP contribution >= 0.6 is 0 Å². The van der Waals surface area contributed by atoms with E-state index >= 15 is 0 Å². The van der Waals surface area contributed by atoms with Gasteiger partial charge in [-0.25, -0.2) is 0 Å². The molecule has 0 unspecified atom stereocenters. The molecule has 1 amide bonds. The average molecular weight is 303 g/mol. The summed E-state index contributed by atoms with van der Waals surface area (Å²) in [5.74, 6) is -0.276. The van der Waals surface area contributed by atoms with Gasteiger partial charge in [0.25, 0.3) is 5.91 Å². The summed E-state index contributed by atoms with van der Waals surface area (Å²) >= 11 is 0. The van der Waals surface area contributed by atoms with Crippen LogP contribution in [0.2, 0.25) is 0 Å². The first-order valence-corrected chi connectivity index (χ1v) is 7.94. The minimum Gasteiger partial charge on any atom is -0.351 e. The van der Waals surface area contributed by atoms with Crippen molar-refractivity contribution in [3.63, 3.8) is 0 Å². The Morgan fingerprint density at radius 2 is 1.82 bits per heavy atom. The van der Waals surface area contributed by atoms with E-state index in [1.165, 1.54) is 0 Å². The number of benzene rings is 1. The smallest absolute Gasteiger partial charge is 0.252 e. The lowest BCUT2D eigenvalue weighted by molar-refractivity contribution is 0.0909. The van der Waals surface area contributed by atoms with Crippen LogP contribution in [0.25, 0.3) is 0 Å². The van der Waals surface area contributed by atoms with Crippen LogP contribution in [0.4, 0.5) is 0 Å². The lowest BCUT2D eigenvalue weighted by Crippen LogP contribution is -2.46. The van der Waals surface area contributed by atoms with Gasteiger partial charge in [0.2, 0.25) is 0 Å². The normalized spacial score (nSPS) is 15.8. The molecule has 1 aromatic carbocycles. The van der Waals surface area contributed by atoms with Gasteiger partial charge in [0.15, 0.2) is 5.78 Å². The van der Waals surface area contributed by atoms with Gasteiger partial charge in [-0.1, -0.05) is 32.0 Å². The first-order valence-electron chi connectivity index (χ1n) is 7.94. The van der Waals surface area contributed by atoms with Crippen molar-refractivity contribution in [3.8, 4) is 0 Å². The van der Waals surface area contributed by atoms with E-state index in [4.69, 9.17) is 0 Å². The minimum absolute atomic E-state index is 0.00727. The maximum Gasteiger partial charge on any atom is 0.252 e. The molecule has 1 aliphatic rings. The number of nitrogens with zero attached hydrogens (tertiary/aromatic N) is 1. The number of rotatable bonds is 6. The molecule has 0 spiro atoms. The van der Waals surface area contributed by atoms with E-state index in [0.29, 0.717) is 17.7 Å². The lowest BCUT2D eigenvalue weighted by atomic mass is 9.96. The van der Waals surface area contributed by atoms with Crippen LogP contribution in [0.5, 0.6) is 0 Å². The standard InChI is InChI=1S/C17H25N3O2/c1-13(2)16(21)14-5-3-4-6-15(14)17(22)19-9-12-20-10-7-18-8-11-20/h3-6,13,18H,7-12H2,1-2H3,(H,19,22). The second-order valence-electron chi connectivity index (χ2n) is 5.91. The van der Waals surface area contributed by atoms with Crippen molar-refractivity contribution in [1.82, 2.24) is 15.5 Å². The maximum absolute atomic E-state index is 12.3. The second kappa shape index (κ2) is 8.06. The van der Waals surface area contributed by atoms with Crippen LogP contribution in [0, 0.1) is 5.92 Å². The Morgan fingerprint density at radius 1 is 1.18 bits per heavy atom. The monoisotopic (exact) mass is 303 g/mol. The number of nitrogens with one attached hydrogen (secondary N) is 2. The fourth-order valence-electron chi connectivity index (χ4n) is 2.56. The van der Waals surface area contributed by atoms with Crippen LogP contribution in [0.1, 0.15) is 34.6 Å². The predicted molar refractivity (Wildman–Crippen MR) is 87.3 cm³/mol. The molecule has 1 aliphatic heterocycles. The summed E-state index contributed by atoms with van der Waals surface area (Å²) < 4.78 is 0. The number of hydrogen-bond acceptors (Lipinski definition) is 4. The minimum atomic E-state index is -0.167. The van der Waals surface area contributed by atoms with E-state index in [9.17, 15) is 9.59 Å². The Bertz CT molecular complexity index is 522. The van der Waals surface area contributed by atoms with Crippen LogP contribution in [-0.4, -0.2) is 55.9 Å². The van der Waals surface area contributed by atoms with Crippen molar-refractivity contribution in [3.05, 3.63) is 35.4 Å². The largest absolute Gasteiger partial charge is 0.351 e. The van der Waals surface area contributed by atoms with Crippen LogP contribution in [-0.2, 0) is 0 Å². The molecule has 0 radical (unpaired) electrons. The number of hydrogen-bond donors (Lipinski definition) is 2. The highest BCUT2D eigenvalue weighted by Gasteiger charge is 2.18. The van der Waals surface area contributed by atoms with Crippen molar-refractivity contribution in [2.75, 3.05) is 39.3 Å². The van der Waals surface area contributed by atoms with Crippen molar-refractivity contribution in [1.29, 1.82) is 0 Å². The van der Waals surface area contributed by atoms with E-state index in [-0.39, 0.29) is 17.6 Å². The lowest BCUT2D eigenvalue weighted by Gasteiger charge is -2.27. The van der Waals surface area contributed by atoms with Gasteiger partial charge in [0.05, 0.1) is 5.56 Å². The Labute approximate surface area is 132 Å². The molecular formula is C17H25N3O2. The predicted octanol–water partition coefficient (Wildman–Crippen LogP) is 1.16. The molecule has 0 aliphatic carbocycles. The number of Topliss-reactive ketones (excluding diaryl/α,β-unsaturated/α-hetero) is 1. The van der Waals surface area contributed by atoms with E-state index < -0.39 is 0 Å². The highest BCUT2D eigenvalue weighted by Crippen LogP contribution is 2.14. The van der Waals surface area contributed by atoms with Gasteiger partial charge >= 0.3 is 0 Å². The summed E-state index contributed by atoms with van der Waals surface area (Å²) in [7, 11) is 0. The second-order valence-corrected chi connectivity index (χ2v) is 5.91. The zero-order valence-electron chi connectivity index (χ0n) is 13.4. The van der Waals surface area contributed by atoms with Gasteiger partial charge in [-0.3, -0.25) is 14.5 Å². The summed E-state index contributed by atoms with van der Waals surface area (Å²) in [6.07, 6.45) is 0. The first-order chi connectivity index (χ1) is 10.6. The third-order valence-electron chi connectivity index (χ3n) is 3.88. The molecule has 0 bridgehead atoms. The number of piperazine rings is 1. The van der Waals surface area contributed by atoms with Gasteiger partial charge < -0.3 is 10.6 Å². The summed E-state index contributed by atoms with van der Waals surface area (Å²) in [5, 5.41) is 6.23. The summed E-state index contributed by atoms with van der Waals surface area (Å²) in [5.41, 5.74) is 0.985. The quantitative estimate of drug-likeness (QED) is 0.774. The van der Waals surface area contributed by atoms with Crippen molar-refractivity contribution in [2.45, 2.75) is 13.8 Å². The number of ketones is 1. The van der Waals surface area contributed by atoms with Crippen LogP contribution in [0.3, 0.4) is 0 Å². The highest BCUT2D eigenvalue weighted by atomic mass is 16.2. The fourth-order valence-corrected chi connectivity index (χ4v) is 2.56. The average Bonchev–Trinajstić information content (AvgIpc) is 2.55. The molecule has 1 aromatic rings. The van der Waals surface area contributed by atoms with Crippen LogP contribution < -0.4 is 10.6 Å². The van der Waals surface area contributed by atoms with E-state index in [1.54, 1.807) is 24.3 Å². The van der Waals surface area contributed by atoms with Crippen LogP contribution in [0.15, 0.2) is 24.3 Å². The highest BCUT2D eigenvalue weighted by molar-refractivity contribution is 6.08. The Hall–Kier alpha value is -1.72. The van der Waals surface area contributed by atoms with Gasteiger partial charge in [-0.15, -0.1) is 0 Å². The van der Waals surface area contributed by atoms with E-state index in [0.717, 1.165) is 32.7 Å². The molecule has 22 heavy (non-hydrogen) atoms. The van der Waals surface area contributed by atoms with Gasteiger partial charge in [-0.05, 0) is 6.07 Å². The molecular weight excluding hydrogens is 278 g/mol. The zero-order valence-corrected chi connectivity index (χ0v) is 13.4. The molecule has 2 N–H and O–H groups in total. The SMILES string of the molecule is CC(C)C(=O)c1ccccc1C(=O)NCCN1CCNCC1. The molecule has 1 saturated heterocycles. The molecule has 2 rings (SSSR count). The molecule has 0 aromatic heterocycles. The fraction of sp³-hybridized carbons (Fsp3) is 0.529. The van der Waals surface area contributed by atoms with Gasteiger partial charge in [-0.2, -0.15) is 0 Å². The van der Waals surface area contributed by atoms with Gasteiger partial charge in [0.1, 0.15) is 0 Å². The summed E-state index contributed by atoms with van der Waals surface area (Å²) in [6, 6.07) is 7.04. The Morgan fingerprint density at radius 3 is 2.45 bits per heavy atom. The summed E-state index contributed by atoms with van der Waals surface area (Å²) in [6.45, 7) is 9.16. The molecule has 0 saturated carbocycles. The molecule has 1 fully saturated rings. The van der Waals surface area contributed by atoms with Crippen molar-refractivity contribution in [2.24, 2.45) is 5.92 Å². The first kappa shape index (κ1) is 16.6. The molecule has 120 valence electrons. The Kier molecular flexibility index (Phi) is 6.10. The molecule has 5 heteroatoms. The third-order valence-corrected chi connectivity index (χ3v) is 3.88. The summed E-state index contributed by atoms with van der Waals surface area (Å²) in [4.78, 5) is 26.9. The van der Waals surface area contributed by atoms with Gasteiger partial charge in [0, 0.05) is 50.7 Å². The topological polar surface area (TPSA) is 61.4 Å². The Balaban J connectivity index is 1.93. The molecule has 5 nitrogen and oxygen atoms in total. The van der Waals surface area contributed by atoms with E-state index in [2.05, 4.69) is 15.5 Å². The zero-order chi connectivity index (χ0) is 15.9. The number of amides is 1. The number of carbonyl (C=O) groups is 2. The number of carbonyl (C=O) groups excluding carboxylic acids is 2. The maximum atomic E-state index is 12.3.